The molecule has 2 N–H and O–H groups in total. The quantitative estimate of drug-likeness (QED) is 0.547. The molecule has 1 saturated heterocycles. The van der Waals surface area contributed by atoms with Gasteiger partial charge in [-0.25, -0.2) is 9.18 Å². The molecule has 6 heteroatoms. The summed E-state index contributed by atoms with van der Waals surface area (Å²) in [6.45, 7) is 7.57. The number of hydrogen-bond acceptors (Lipinski definition) is 4. The molecule has 3 aromatic rings. The molecule has 1 aromatic heterocycles. The Morgan fingerprint density at radius 2 is 2.06 bits per heavy atom. The zero-order chi connectivity index (χ0) is 22.1. The number of aromatic carboxylic acids is 1. The zero-order valence-corrected chi connectivity index (χ0v) is 18.0. The second kappa shape index (κ2) is 8.63. The van der Waals surface area contributed by atoms with Crippen molar-refractivity contribution in [1.29, 1.82) is 0 Å². The van der Waals surface area contributed by atoms with Crippen LogP contribution in [-0.4, -0.2) is 29.3 Å². The first kappa shape index (κ1) is 21.2. The van der Waals surface area contributed by atoms with E-state index in [1.165, 1.54) is 17.7 Å². The number of benzene rings is 2. The summed E-state index contributed by atoms with van der Waals surface area (Å²) in [5.74, 6) is -1.41. The molecule has 1 aliphatic rings. The summed E-state index contributed by atoms with van der Waals surface area (Å²) in [4.78, 5) is 16.5. The first-order chi connectivity index (χ1) is 14.8. The third-order valence-corrected chi connectivity index (χ3v) is 5.99. The number of nitrogens with zero attached hydrogens (tertiary/aromatic N) is 1. The number of carbonyl (C=O) groups is 1. The number of carboxylic acid groups (broad SMARTS) is 1. The van der Waals surface area contributed by atoms with Crippen molar-refractivity contribution < 1.29 is 19.0 Å². The van der Waals surface area contributed by atoms with Gasteiger partial charge in [0.15, 0.2) is 0 Å². The van der Waals surface area contributed by atoms with Gasteiger partial charge in [0, 0.05) is 35.3 Å². The number of fused-ring (bicyclic) bond motifs is 1. The van der Waals surface area contributed by atoms with Gasteiger partial charge in [-0.3, -0.25) is 4.98 Å². The van der Waals surface area contributed by atoms with Crippen LogP contribution in [0.15, 0.2) is 36.4 Å². The van der Waals surface area contributed by atoms with E-state index in [1.807, 2.05) is 20.8 Å². The molecule has 2 aromatic carbocycles. The van der Waals surface area contributed by atoms with E-state index in [2.05, 4.69) is 23.5 Å². The van der Waals surface area contributed by atoms with Gasteiger partial charge in [0.1, 0.15) is 5.82 Å². The van der Waals surface area contributed by atoms with Gasteiger partial charge in [-0.15, -0.1) is 0 Å². The van der Waals surface area contributed by atoms with Gasteiger partial charge in [0.25, 0.3) is 0 Å². The van der Waals surface area contributed by atoms with Crippen molar-refractivity contribution in [2.24, 2.45) is 0 Å². The van der Waals surface area contributed by atoms with Crippen molar-refractivity contribution in [2.75, 3.05) is 18.5 Å². The summed E-state index contributed by atoms with van der Waals surface area (Å²) in [5, 5.41) is 13.8. The van der Waals surface area contributed by atoms with Crippen LogP contribution in [0.1, 0.15) is 64.5 Å². The van der Waals surface area contributed by atoms with E-state index in [0.29, 0.717) is 18.2 Å². The molecule has 1 aliphatic heterocycles. The third-order valence-electron chi connectivity index (χ3n) is 5.99. The summed E-state index contributed by atoms with van der Waals surface area (Å²) in [6, 6.07) is 9.96. The molecule has 5 nitrogen and oxygen atoms in total. The van der Waals surface area contributed by atoms with Crippen LogP contribution in [-0.2, 0) is 4.74 Å². The number of aromatic nitrogens is 1. The maximum atomic E-state index is 13.6. The number of carboxylic acids is 1. The lowest BCUT2D eigenvalue weighted by molar-refractivity contribution is 0.0697. The molecule has 1 fully saturated rings. The third kappa shape index (κ3) is 4.39. The van der Waals surface area contributed by atoms with Crippen LogP contribution in [0.3, 0.4) is 0 Å². The second-order valence-corrected chi connectivity index (χ2v) is 8.36. The minimum absolute atomic E-state index is 0.0854. The van der Waals surface area contributed by atoms with Crippen LogP contribution in [0.5, 0.6) is 0 Å². The van der Waals surface area contributed by atoms with Gasteiger partial charge >= 0.3 is 5.97 Å². The van der Waals surface area contributed by atoms with Gasteiger partial charge in [-0.2, -0.15) is 0 Å². The highest BCUT2D eigenvalue weighted by Crippen LogP contribution is 2.34. The Morgan fingerprint density at radius 1 is 1.26 bits per heavy atom. The fourth-order valence-corrected chi connectivity index (χ4v) is 4.45. The average Bonchev–Trinajstić information content (AvgIpc) is 2.74. The molecular weight excluding hydrogens is 395 g/mol. The molecule has 2 atom stereocenters. The molecule has 0 saturated carbocycles. The van der Waals surface area contributed by atoms with Crippen LogP contribution in [0.25, 0.3) is 10.9 Å². The van der Waals surface area contributed by atoms with E-state index in [-0.39, 0.29) is 11.6 Å². The van der Waals surface area contributed by atoms with E-state index >= 15 is 0 Å². The Kier molecular flexibility index (Phi) is 5.92. The van der Waals surface area contributed by atoms with Gasteiger partial charge in [-0.1, -0.05) is 6.07 Å². The predicted molar refractivity (Wildman–Crippen MR) is 119 cm³/mol. The van der Waals surface area contributed by atoms with Crippen LogP contribution >= 0.6 is 0 Å². The molecule has 0 bridgehead atoms. The number of ether oxygens (including phenoxy) is 1. The van der Waals surface area contributed by atoms with Gasteiger partial charge < -0.3 is 15.2 Å². The topological polar surface area (TPSA) is 71.5 Å². The highest BCUT2D eigenvalue weighted by molar-refractivity contribution is 5.94. The van der Waals surface area contributed by atoms with E-state index in [4.69, 9.17) is 9.72 Å². The monoisotopic (exact) mass is 422 g/mol. The van der Waals surface area contributed by atoms with Crippen molar-refractivity contribution in [3.8, 4) is 0 Å². The SMILES string of the molecule is Cc1cc([C@H](C)Nc2ccc(F)cc2C(=O)O)c2cc([C@H]3CCCOC3)c(C)nc2c1. The molecule has 0 unspecified atom stereocenters. The molecular formula is C25H27FN2O3. The lowest BCUT2D eigenvalue weighted by Gasteiger charge is -2.25. The highest BCUT2D eigenvalue weighted by Gasteiger charge is 2.21. The number of nitrogens with one attached hydrogen (secondary N) is 1. The number of rotatable bonds is 5. The first-order valence-corrected chi connectivity index (χ1v) is 10.6. The van der Waals surface area contributed by atoms with Gasteiger partial charge in [0.2, 0.25) is 0 Å². The zero-order valence-electron chi connectivity index (χ0n) is 18.0. The average molecular weight is 423 g/mol. The first-order valence-electron chi connectivity index (χ1n) is 10.6. The van der Waals surface area contributed by atoms with E-state index < -0.39 is 11.8 Å². The molecule has 2 heterocycles. The highest BCUT2D eigenvalue weighted by atomic mass is 19.1. The maximum absolute atomic E-state index is 13.6. The Hall–Kier alpha value is -2.99. The van der Waals surface area contributed by atoms with Crippen LogP contribution < -0.4 is 5.32 Å². The molecule has 162 valence electrons. The van der Waals surface area contributed by atoms with Crippen LogP contribution in [0.2, 0.25) is 0 Å². The molecule has 0 amide bonds. The number of anilines is 1. The van der Waals surface area contributed by atoms with E-state index in [0.717, 1.165) is 53.2 Å². The lowest BCUT2D eigenvalue weighted by atomic mass is 9.89. The number of halogens is 1. The Morgan fingerprint density at radius 3 is 2.77 bits per heavy atom. The van der Waals surface area contributed by atoms with Crippen molar-refractivity contribution in [1.82, 2.24) is 4.98 Å². The molecule has 0 aliphatic carbocycles. The Labute approximate surface area is 181 Å². The standard InChI is InChI=1S/C25H27FN2O3/c1-14-9-20(16(3)27-23-7-6-18(26)11-22(23)25(29)30)21-12-19(15(2)28-24(21)10-14)17-5-4-8-31-13-17/h6-7,9-12,16-17,27H,4-5,8,13H2,1-3H3,(H,29,30)/t16-,17-/m0/s1. The summed E-state index contributed by atoms with van der Waals surface area (Å²) in [6.07, 6.45) is 2.13. The predicted octanol–water partition coefficient (Wildman–Crippen LogP) is 5.76. The Bertz CT molecular complexity index is 1140. The van der Waals surface area contributed by atoms with Gasteiger partial charge in [-0.05, 0) is 80.6 Å². The minimum Gasteiger partial charge on any atom is -0.478 e. The van der Waals surface area contributed by atoms with E-state index in [1.54, 1.807) is 0 Å². The van der Waals surface area contributed by atoms with Crippen molar-refractivity contribution >= 4 is 22.6 Å². The normalized spacial score (nSPS) is 17.5. The van der Waals surface area contributed by atoms with Gasteiger partial charge in [0.05, 0.1) is 17.7 Å². The fourth-order valence-electron chi connectivity index (χ4n) is 4.45. The molecule has 0 radical (unpaired) electrons. The van der Waals surface area contributed by atoms with Crippen molar-refractivity contribution in [2.45, 2.75) is 45.6 Å². The number of pyridine rings is 1. The molecule has 4 rings (SSSR count). The second-order valence-electron chi connectivity index (χ2n) is 8.36. The fraction of sp³-hybridized carbons (Fsp3) is 0.360. The van der Waals surface area contributed by atoms with Crippen LogP contribution in [0.4, 0.5) is 10.1 Å². The van der Waals surface area contributed by atoms with Crippen molar-refractivity contribution in [3.63, 3.8) is 0 Å². The summed E-state index contributed by atoms with van der Waals surface area (Å²) < 4.78 is 19.3. The van der Waals surface area contributed by atoms with E-state index in [9.17, 15) is 14.3 Å². The molecule has 31 heavy (non-hydrogen) atoms. The number of hydrogen-bond donors (Lipinski definition) is 2. The largest absolute Gasteiger partial charge is 0.478 e. The summed E-state index contributed by atoms with van der Waals surface area (Å²) in [7, 11) is 0. The number of aryl methyl sites for hydroxylation is 2. The minimum atomic E-state index is -1.17. The maximum Gasteiger partial charge on any atom is 0.337 e. The van der Waals surface area contributed by atoms with Crippen molar-refractivity contribution in [3.05, 3.63) is 70.2 Å². The lowest BCUT2D eigenvalue weighted by Crippen LogP contribution is -2.17. The Balaban J connectivity index is 1.76. The van der Waals surface area contributed by atoms with Crippen LogP contribution in [0, 0.1) is 19.7 Å². The summed E-state index contributed by atoms with van der Waals surface area (Å²) >= 11 is 0. The summed E-state index contributed by atoms with van der Waals surface area (Å²) in [5.41, 5.74) is 5.55. The smallest absolute Gasteiger partial charge is 0.337 e. The molecule has 0 spiro atoms.